The fraction of sp³-hybridized carbons (Fsp3) is 0.278. The van der Waals surface area contributed by atoms with E-state index in [1.54, 1.807) is 12.1 Å². The molecule has 0 atom stereocenters. The number of aromatic hydroxyl groups is 1. The van der Waals surface area contributed by atoms with Crippen LogP contribution in [0.5, 0.6) is 11.5 Å². The highest BCUT2D eigenvalue weighted by molar-refractivity contribution is 6.36. The zero-order chi connectivity index (χ0) is 19.6. The summed E-state index contributed by atoms with van der Waals surface area (Å²) in [6, 6.07) is 8.07. The number of carbonyl (C=O) groups excluding carboxylic acids is 1. The van der Waals surface area contributed by atoms with Crippen molar-refractivity contribution in [1.82, 2.24) is 0 Å². The lowest BCUT2D eigenvalue weighted by Gasteiger charge is -2.13. The number of hydrogen-bond acceptors (Lipinski definition) is 3. The molecule has 24 heavy (non-hydrogen) atoms. The number of amides is 1. The molecule has 0 aromatic heterocycles. The van der Waals surface area contributed by atoms with Crippen LogP contribution in [0, 0.1) is 0 Å². The molecule has 0 unspecified atom stereocenters. The van der Waals surface area contributed by atoms with E-state index in [1.807, 2.05) is 19.9 Å². The summed E-state index contributed by atoms with van der Waals surface area (Å²) in [5, 5.41) is 10.5. The van der Waals surface area contributed by atoms with Gasteiger partial charge in [0.15, 0.2) is 6.56 Å². The van der Waals surface area contributed by atoms with E-state index in [0.29, 0.717) is 12.0 Å². The Labute approximate surface area is 154 Å². The molecule has 2 aromatic rings. The van der Waals surface area contributed by atoms with Crippen molar-refractivity contribution in [3.63, 3.8) is 0 Å². The van der Waals surface area contributed by atoms with Gasteiger partial charge in [-0.05, 0) is 40.8 Å². The maximum Gasteiger partial charge on any atom is 0.255 e. The van der Waals surface area contributed by atoms with Crippen molar-refractivity contribution in [2.45, 2.75) is 26.2 Å². The standard InChI is InChI=1S/C18H19Cl2NO3/c1-10(2)13-5-11(3-4-17(13)22)6-14-15(19)7-12(8-16(14)20)24-9-18(21)23/h3-5,7-8,10,22H,6,9H2,1-2H3,(H2,21,23)/i9D2. The Hall–Kier alpha value is -1.91. The third-order valence-corrected chi connectivity index (χ3v) is 4.15. The van der Waals surface area contributed by atoms with E-state index in [4.69, 9.17) is 36.4 Å². The summed E-state index contributed by atoms with van der Waals surface area (Å²) in [7, 11) is 0. The minimum absolute atomic E-state index is 0.00104. The topological polar surface area (TPSA) is 72.6 Å². The molecule has 0 saturated carbocycles. The number of nitrogens with two attached hydrogens (primary N) is 1. The molecular formula is C18H19Cl2NO3. The third kappa shape index (κ3) is 4.56. The lowest BCUT2D eigenvalue weighted by molar-refractivity contribution is -0.119. The molecular weight excluding hydrogens is 349 g/mol. The first-order valence-corrected chi connectivity index (χ1v) is 8.05. The van der Waals surface area contributed by atoms with Gasteiger partial charge in [0.1, 0.15) is 11.5 Å². The van der Waals surface area contributed by atoms with Crippen LogP contribution in [0.25, 0.3) is 0 Å². The first-order chi connectivity index (χ1) is 12.0. The fourth-order valence-electron chi connectivity index (χ4n) is 2.30. The van der Waals surface area contributed by atoms with Crippen molar-refractivity contribution in [3.05, 3.63) is 57.1 Å². The van der Waals surface area contributed by atoms with Gasteiger partial charge in [-0.25, -0.2) is 0 Å². The van der Waals surface area contributed by atoms with Crippen LogP contribution < -0.4 is 10.5 Å². The Morgan fingerprint density at radius 3 is 2.46 bits per heavy atom. The molecule has 0 fully saturated rings. The van der Waals surface area contributed by atoms with E-state index in [2.05, 4.69) is 0 Å². The van der Waals surface area contributed by atoms with Gasteiger partial charge < -0.3 is 15.6 Å². The number of hydrogen-bond donors (Lipinski definition) is 2. The van der Waals surface area contributed by atoms with Crippen LogP contribution in [-0.2, 0) is 11.2 Å². The van der Waals surface area contributed by atoms with E-state index < -0.39 is 12.5 Å². The average Bonchev–Trinajstić information content (AvgIpc) is 2.51. The summed E-state index contributed by atoms with van der Waals surface area (Å²) in [5.74, 6) is -0.855. The van der Waals surface area contributed by atoms with Crippen molar-refractivity contribution < 1.29 is 17.4 Å². The highest BCUT2D eigenvalue weighted by Crippen LogP contribution is 2.33. The Morgan fingerprint density at radius 2 is 1.92 bits per heavy atom. The molecule has 0 aliphatic carbocycles. The van der Waals surface area contributed by atoms with Crippen LogP contribution in [-0.4, -0.2) is 17.6 Å². The predicted molar refractivity (Wildman–Crippen MR) is 96.2 cm³/mol. The maximum absolute atomic E-state index is 11.1. The molecule has 2 aromatic carbocycles. The van der Waals surface area contributed by atoms with Gasteiger partial charge in [-0.1, -0.05) is 49.2 Å². The number of benzene rings is 2. The highest BCUT2D eigenvalue weighted by atomic mass is 35.5. The van der Waals surface area contributed by atoms with Gasteiger partial charge in [-0.3, -0.25) is 4.79 Å². The molecule has 0 spiro atoms. The number of primary amides is 1. The van der Waals surface area contributed by atoms with Gasteiger partial charge in [0.2, 0.25) is 0 Å². The zero-order valence-corrected chi connectivity index (χ0v) is 14.8. The summed E-state index contributed by atoms with van der Waals surface area (Å²) >= 11 is 12.5. The lowest BCUT2D eigenvalue weighted by atomic mass is 9.96. The van der Waals surface area contributed by atoms with Crippen molar-refractivity contribution in [1.29, 1.82) is 0 Å². The van der Waals surface area contributed by atoms with Crippen LogP contribution in [0.3, 0.4) is 0 Å². The van der Waals surface area contributed by atoms with Crippen LogP contribution in [0.2, 0.25) is 10.0 Å². The van der Waals surface area contributed by atoms with Crippen molar-refractivity contribution in [2.24, 2.45) is 5.73 Å². The molecule has 0 aliphatic heterocycles. The summed E-state index contributed by atoms with van der Waals surface area (Å²) in [5.41, 5.74) is 7.31. The number of carbonyl (C=O) groups is 1. The van der Waals surface area contributed by atoms with Gasteiger partial charge in [0, 0.05) is 16.5 Å². The van der Waals surface area contributed by atoms with E-state index >= 15 is 0 Å². The fourth-order valence-corrected chi connectivity index (χ4v) is 2.90. The van der Waals surface area contributed by atoms with Gasteiger partial charge >= 0.3 is 0 Å². The van der Waals surface area contributed by atoms with E-state index in [9.17, 15) is 9.90 Å². The Kier molecular flexibility index (Phi) is 5.06. The minimum Gasteiger partial charge on any atom is -0.508 e. The first-order valence-electron chi connectivity index (χ1n) is 8.30. The van der Waals surface area contributed by atoms with Crippen molar-refractivity contribution in [3.8, 4) is 11.5 Å². The van der Waals surface area contributed by atoms with Crippen LogP contribution in [0.4, 0.5) is 0 Å². The largest absolute Gasteiger partial charge is 0.508 e. The third-order valence-electron chi connectivity index (χ3n) is 3.48. The van der Waals surface area contributed by atoms with Crippen LogP contribution >= 0.6 is 23.2 Å². The SMILES string of the molecule is [2H]C([2H])(Oc1cc(Cl)c(Cc2ccc(O)c(C(C)C)c2)c(Cl)c1)C(N)=O. The number of halogens is 2. The number of phenolic OH excluding ortho intramolecular Hbond substituents is 1. The molecule has 0 radical (unpaired) electrons. The van der Waals surface area contributed by atoms with Crippen molar-refractivity contribution in [2.75, 3.05) is 6.56 Å². The predicted octanol–water partition coefficient (Wildman–Crippen LogP) is 4.28. The van der Waals surface area contributed by atoms with Crippen LogP contribution in [0.1, 0.15) is 39.2 Å². The molecule has 6 heteroatoms. The molecule has 2 rings (SSSR count). The quantitative estimate of drug-likeness (QED) is 0.797. The monoisotopic (exact) mass is 369 g/mol. The maximum atomic E-state index is 11.1. The Bertz CT molecular complexity index is 818. The molecule has 0 bridgehead atoms. The molecule has 0 saturated heterocycles. The molecule has 0 heterocycles. The van der Waals surface area contributed by atoms with Crippen LogP contribution in [0.15, 0.2) is 30.3 Å². The molecule has 4 nitrogen and oxygen atoms in total. The molecule has 1 amide bonds. The summed E-state index contributed by atoms with van der Waals surface area (Å²) in [6.45, 7) is 1.30. The summed E-state index contributed by atoms with van der Waals surface area (Å²) < 4.78 is 19.8. The van der Waals surface area contributed by atoms with Gasteiger partial charge in [0.05, 0.1) is 2.74 Å². The van der Waals surface area contributed by atoms with Crippen molar-refractivity contribution >= 4 is 29.1 Å². The van der Waals surface area contributed by atoms with Gasteiger partial charge in [-0.15, -0.1) is 0 Å². The van der Waals surface area contributed by atoms with Gasteiger partial charge in [-0.2, -0.15) is 0 Å². The zero-order valence-electron chi connectivity index (χ0n) is 15.3. The first kappa shape index (κ1) is 15.6. The number of ether oxygens (including phenoxy) is 1. The normalized spacial score (nSPS) is 12.7. The van der Waals surface area contributed by atoms with E-state index in [-0.39, 0.29) is 27.5 Å². The second-order valence-corrected chi connectivity index (χ2v) is 6.47. The smallest absolute Gasteiger partial charge is 0.255 e. The van der Waals surface area contributed by atoms with E-state index in [0.717, 1.165) is 11.1 Å². The second-order valence-electron chi connectivity index (χ2n) is 5.66. The molecule has 128 valence electrons. The van der Waals surface area contributed by atoms with Gasteiger partial charge in [0.25, 0.3) is 5.91 Å². The Morgan fingerprint density at radius 1 is 1.29 bits per heavy atom. The Balaban J connectivity index is 2.32. The highest BCUT2D eigenvalue weighted by Gasteiger charge is 2.13. The average molecular weight is 370 g/mol. The summed E-state index contributed by atoms with van der Waals surface area (Å²) in [4.78, 5) is 11.1. The van der Waals surface area contributed by atoms with E-state index in [1.165, 1.54) is 12.1 Å². The molecule has 0 aliphatic rings. The number of phenols is 1. The lowest BCUT2D eigenvalue weighted by Crippen LogP contribution is -2.20. The molecule has 3 N–H and O–H groups in total. The minimum atomic E-state index is -2.67. The second kappa shape index (κ2) is 7.77. The summed E-state index contributed by atoms with van der Waals surface area (Å²) in [6.07, 6.45) is 0.417. The number of rotatable bonds is 6.